The number of anilines is 3. The van der Waals surface area contributed by atoms with Crippen LogP contribution in [0.4, 0.5) is 17.1 Å². The molecule has 0 amide bonds. The fourth-order valence-corrected chi connectivity index (χ4v) is 4.40. The third-order valence-electron chi connectivity index (χ3n) is 5.35. The van der Waals surface area contributed by atoms with Gasteiger partial charge in [0.05, 0.1) is 16.1 Å². The van der Waals surface area contributed by atoms with Gasteiger partial charge in [0.2, 0.25) is 0 Å². The molecule has 3 N–H and O–H groups in total. The second-order valence-corrected chi connectivity index (χ2v) is 8.87. The number of phenolic OH excluding ortho intramolecular Hbond substituents is 1. The average Bonchev–Trinajstić information content (AvgIpc) is 2.69. The van der Waals surface area contributed by atoms with E-state index < -0.39 is 10.9 Å². The zero-order chi connectivity index (χ0) is 20.6. The predicted octanol–water partition coefficient (Wildman–Crippen LogP) is 3.79. The Morgan fingerprint density at radius 3 is 2.28 bits per heavy atom. The van der Waals surface area contributed by atoms with Crippen LogP contribution in [-0.4, -0.2) is 23.5 Å². The Balaban J connectivity index is 1.63. The highest BCUT2D eigenvalue weighted by Gasteiger charge is 2.41. The summed E-state index contributed by atoms with van der Waals surface area (Å²) < 4.78 is 1.86. The minimum atomic E-state index is -0.569. The Morgan fingerprint density at radius 1 is 0.966 bits per heavy atom. The first kappa shape index (κ1) is 19.5. The molecule has 150 valence electrons. The predicted molar refractivity (Wildman–Crippen MR) is 118 cm³/mol. The molecule has 0 atom stereocenters. The van der Waals surface area contributed by atoms with Crippen LogP contribution in [0.2, 0.25) is 0 Å². The second kappa shape index (κ2) is 7.57. The van der Waals surface area contributed by atoms with Crippen molar-refractivity contribution in [3.05, 3.63) is 74.5 Å². The summed E-state index contributed by atoms with van der Waals surface area (Å²) in [6.45, 7) is 0. The van der Waals surface area contributed by atoms with Crippen LogP contribution in [-0.2, 0) is 5.54 Å². The minimum Gasteiger partial charge on any atom is -0.505 e. The number of nitrogens with zero attached hydrogens (tertiary/aromatic N) is 1. The van der Waals surface area contributed by atoms with Crippen molar-refractivity contribution in [1.29, 1.82) is 0 Å². The van der Waals surface area contributed by atoms with E-state index in [-0.39, 0.29) is 17.0 Å². The number of hydrogen-bond acceptors (Lipinski definition) is 7. The van der Waals surface area contributed by atoms with Crippen LogP contribution in [0.1, 0.15) is 24.8 Å². The summed E-state index contributed by atoms with van der Waals surface area (Å²) in [7, 11) is 3.76. The molecule has 29 heavy (non-hydrogen) atoms. The first-order valence-corrected chi connectivity index (χ1v) is 10.3. The summed E-state index contributed by atoms with van der Waals surface area (Å²) in [5, 5.41) is 16.9. The third-order valence-corrected chi connectivity index (χ3v) is 6.24. The number of nitrogens with one attached hydrogen (secondary N) is 2. The van der Waals surface area contributed by atoms with E-state index >= 15 is 0 Å². The van der Waals surface area contributed by atoms with Gasteiger partial charge in [-0.25, -0.2) is 0 Å². The molecule has 0 unspecified atom stereocenters. The van der Waals surface area contributed by atoms with Crippen molar-refractivity contribution in [2.24, 2.45) is 0 Å². The molecule has 4 rings (SSSR count). The number of phenols is 1. The zero-order valence-electron chi connectivity index (χ0n) is 16.4. The Kier molecular flexibility index (Phi) is 5.10. The molecular weight excluding hydrogens is 386 g/mol. The van der Waals surface area contributed by atoms with Crippen LogP contribution in [0, 0.1) is 0 Å². The normalized spacial score (nSPS) is 15.3. The van der Waals surface area contributed by atoms with Gasteiger partial charge in [-0.05, 0) is 63.0 Å². The van der Waals surface area contributed by atoms with Gasteiger partial charge in [0, 0.05) is 0 Å². The van der Waals surface area contributed by atoms with Gasteiger partial charge in [0.25, 0.3) is 10.9 Å². The van der Waals surface area contributed by atoms with Gasteiger partial charge in [-0.15, -0.1) is 0 Å². The summed E-state index contributed by atoms with van der Waals surface area (Å²) in [5.74, 6) is 0.0478. The van der Waals surface area contributed by atoms with Crippen LogP contribution >= 0.6 is 11.9 Å². The van der Waals surface area contributed by atoms with Gasteiger partial charge >= 0.3 is 0 Å². The highest BCUT2D eigenvalue weighted by atomic mass is 32.2. The number of benzene rings is 2. The maximum Gasteiger partial charge on any atom is 0.253 e. The van der Waals surface area contributed by atoms with Gasteiger partial charge in [-0.2, -0.15) is 0 Å². The first-order valence-electron chi connectivity index (χ1n) is 9.52. The Labute approximate surface area is 173 Å². The maximum atomic E-state index is 12.3. The fourth-order valence-electron chi connectivity index (χ4n) is 3.67. The largest absolute Gasteiger partial charge is 0.505 e. The number of rotatable bonds is 7. The van der Waals surface area contributed by atoms with E-state index in [1.54, 1.807) is 18.2 Å². The van der Waals surface area contributed by atoms with Crippen molar-refractivity contribution in [1.82, 2.24) is 4.31 Å². The summed E-state index contributed by atoms with van der Waals surface area (Å²) >= 11 is 1.37. The van der Waals surface area contributed by atoms with E-state index in [0.717, 1.165) is 24.8 Å². The molecular formula is C22H23N3O3S. The molecule has 0 aromatic heterocycles. The van der Waals surface area contributed by atoms with E-state index in [1.807, 2.05) is 48.7 Å². The number of para-hydroxylation sites is 1. The van der Waals surface area contributed by atoms with Gasteiger partial charge in [-0.1, -0.05) is 36.4 Å². The standard InChI is InChI=1S/C22H23N3O3S/c1-25(2)29-16-11-6-10-15(19(16)26)23-17-18(21(28)20(17)27)24-22(12-7-13-22)14-8-4-3-5-9-14/h3-6,8-11,23-24,26H,7,12-13H2,1-2H3. The summed E-state index contributed by atoms with van der Waals surface area (Å²) in [4.78, 5) is 25.3. The molecule has 1 aliphatic rings. The third kappa shape index (κ3) is 3.52. The second-order valence-electron chi connectivity index (χ2n) is 7.52. The average molecular weight is 410 g/mol. The van der Waals surface area contributed by atoms with Gasteiger partial charge < -0.3 is 15.7 Å². The minimum absolute atomic E-state index is 0.0478. The van der Waals surface area contributed by atoms with Crippen molar-refractivity contribution in [3.63, 3.8) is 0 Å². The van der Waals surface area contributed by atoms with E-state index in [0.29, 0.717) is 16.3 Å². The zero-order valence-corrected chi connectivity index (χ0v) is 17.2. The molecule has 1 saturated carbocycles. The van der Waals surface area contributed by atoms with Crippen LogP contribution in [0.5, 0.6) is 5.75 Å². The lowest BCUT2D eigenvalue weighted by Crippen LogP contribution is -2.47. The Hall–Kier alpha value is -2.77. The van der Waals surface area contributed by atoms with Gasteiger partial charge in [0.1, 0.15) is 11.4 Å². The van der Waals surface area contributed by atoms with Crippen LogP contribution in [0.15, 0.2) is 63.0 Å². The van der Waals surface area contributed by atoms with E-state index in [2.05, 4.69) is 10.6 Å². The molecule has 7 heteroatoms. The highest BCUT2D eigenvalue weighted by Crippen LogP contribution is 2.45. The molecule has 3 aromatic carbocycles. The molecule has 0 heterocycles. The van der Waals surface area contributed by atoms with E-state index in [1.165, 1.54) is 11.9 Å². The van der Waals surface area contributed by atoms with Crippen LogP contribution in [0.25, 0.3) is 0 Å². The van der Waals surface area contributed by atoms with Crippen molar-refractivity contribution in [2.75, 3.05) is 24.7 Å². The molecule has 0 spiro atoms. The molecule has 3 aromatic rings. The maximum absolute atomic E-state index is 12.3. The molecule has 0 saturated heterocycles. The lowest BCUT2D eigenvalue weighted by Gasteiger charge is -2.44. The van der Waals surface area contributed by atoms with Gasteiger partial charge in [0.15, 0.2) is 5.75 Å². The topological polar surface area (TPSA) is 81.7 Å². The summed E-state index contributed by atoms with van der Waals surface area (Å²) in [6.07, 6.45) is 2.86. The molecule has 0 radical (unpaired) electrons. The van der Waals surface area contributed by atoms with Crippen LogP contribution < -0.4 is 21.5 Å². The van der Waals surface area contributed by atoms with E-state index in [9.17, 15) is 14.7 Å². The lowest BCUT2D eigenvalue weighted by atomic mass is 9.71. The molecule has 0 aliphatic heterocycles. The molecule has 0 bridgehead atoms. The summed E-state index contributed by atoms with van der Waals surface area (Å²) in [5.41, 5.74) is 0.591. The Bertz CT molecular complexity index is 1100. The SMILES string of the molecule is CN(C)Sc1cccc(Nc2c(NC3(c4ccccc4)CCC3)c(=O)c2=O)c1O. The van der Waals surface area contributed by atoms with Crippen LogP contribution in [0.3, 0.4) is 0 Å². The summed E-state index contributed by atoms with van der Waals surface area (Å²) in [6, 6.07) is 15.3. The van der Waals surface area contributed by atoms with Crippen molar-refractivity contribution in [2.45, 2.75) is 29.7 Å². The van der Waals surface area contributed by atoms with Gasteiger partial charge in [-0.3, -0.25) is 13.9 Å². The quantitative estimate of drug-likeness (QED) is 0.311. The monoisotopic (exact) mass is 409 g/mol. The highest BCUT2D eigenvalue weighted by molar-refractivity contribution is 7.97. The fraction of sp³-hybridized carbons (Fsp3) is 0.273. The number of hydrogen-bond donors (Lipinski definition) is 3. The lowest BCUT2D eigenvalue weighted by molar-refractivity contribution is 0.284. The molecule has 1 aliphatic carbocycles. The first-order chi connectivity index (χ1) is 13.9. The van der Waals surface area contributed by atoms with E-state index in [4.69, 9.17) is 0 Å². The Morgan fingerprint density at radius 2 is 1.66 bits per heavy atom. The number of aromatic hydroxyl groups is 1. The van der Waals surface area contributed by atoms with Crippen molar-refractivity contribution >= 4 is 29.0 Å². The smallest absolute Gasteiger partial charge is 0.253 e. The molecule has 1 fully saturated rings. The van der Waals surface area contributed by atoms with Crippen molar-refractivity contribution in [3.8, 4) is 5.75 Å². The molecule has 6 nitrogen and oxygen atoms in total. The van der Waals surface area contributed by atoms with Crippen molar-refractivity contribution < 1.29 is 5.11 Å².